The molecule has 5 atom stereocenters. The Bertz CT molecular complexity index is 4290. The number of carboxylic acid groups (broad SMARTS) is 4. The van der Waals surface area contributed by atoms with Crippen LogP contribution in [0.2, 0.25) is 0 Å². The summed E-state index contributed by atoms with van der Waals surface area (Å²) in [4.78, 5) is 177. The van der Waals surface area contributed by atoms with Crippen LogP contribution in [0.15, 0.2) is 29.2 Å². The van der Waals surface area contributed by atoms with Crippen molar-refractivity contribution in [3.8, 4) is 5.75 Å². The molecule has 0 saturated carbocycles. The number of aromatic nitrogens is 1. The van der Waals surface area contributed by atoms with Gasteiger partial charge in [-0.2, -0.15) is 21.6 Å². The van der Waals surface area contributed by atoms with Crippen LogP contribution in [0.4, 0.5) is 0 Å². The molecule has 2 fully saturated rings. The lowest BCUT2D eigenvalue weighted by atomic mass is 9.95. The molecule has 2 aromatic rings. The molecule has 5 rings (SSSR count). The van der Waals surface area contributed by atoms with E-state index in [1.165, 1.54) is 46.2 Å². The Balaban J connectivity index is 0.000000730. The van der Waals surface area contributed by atoms with Crippen LogP contribution < -0.4 is 30.7 Å². The van der Waals surface area contributed by atoms with Crippen molar-refractivity contribution in [2.75, 3.05) is 136 Å². The summed E-state index contributed by atoms with van der Waals surface area (Å²) in [6, 6.07) is -0.0567. The van der Waals surface area contributed by atoms with Crippen LogP contribution in [0.5, 0.6) is 5.75 Å². The number of amides is 4. The number of sulfonamides is 1. The molecule has 44 heteroatoms. The highest BCUT2D eigenvalue weighted by molar-refractivity contribution is 7.89. The fourth-order valence-corrected chi connectivity index (χ4v) is 17.1. The van der Waals surface area contributed by atoms with Gasteiger partial charge in [0.1, 0.15) is 64.3 Å². The molecule has 41 nitrogen and oxygen atoms in total. The smallest absolute Gasteiger partial charge is 0.323 e. The summed E-state index contributed by atoms with van der Waals surface area (Å²) in [6.07, 6.45) is 5.06. The number of nitrogens with one attached hydrogen (secondary N) is 5. The van der Waals surface area contributed by atoms with Crippen molar-refractivity contribution in [1.82, 2.24) is 60.4 Å². The Morgan fingerprint density at radius 2 is 0.944 bits per heavy atom. The van der Waals surface area contributed by atoms with E-state index in [2.05, 4.69) is 32.1 Å². The van der Waals surface area contributed by atoms with Gasteiger partial charge in [0.05, 0.1) is 37.7 Å². The fourth-order valence-electron chi connectivity index (χ4n) is 14.0. The number of fused-ring (bicyclic) bond motifs is 1. The third-order valence-electron chi connectivity index (χ3n) is 19.8. The molecule has 0 spiro atoms. The van der Waals surface area contributed by atoms with Crippen molar-refractivity contribution in [2.45, 2.75) is 245 Å². The van der Waals surface area contributed by atoms with Gasteiger partial charge in [0, 0.05) is 135 Å². The molecule has 126 heavy (non-hydrogen) atoms. The topological polar surface area (TPSA) is 575 Å². The van der Waals surface area contributed by atoms with E-state index in [0.717, 1.165) is 44.0 Å². The van der Waals surface area contributed by atoms with Gasteiger partial charge in [0.25, 0.3) is 20.2 Å². The van der Waals surface area contributed by atoms with Gasteiger partial charge in [-0.1, -0.05) is 13.5 Å². The fraction of sp³-hybridized carbons (Fsp3) is 0.707. The standard InChI is InChI=1S/C50H74N8O18S2.C31H56N4O11S.CH4/c1-33-27-37(28-34(2)48(33)78(74,75)55-39(49(67)68)29-52-44(61)13-6-4-10-36-16-15-35-9-3-5-11-38(35)53-36)76-26-8-14-43(60)51-19-7-12-42(59)40(32-77(71,72)73)54-45(62)18-17-41(50(69)70)58-24-22-56(30-46(63)64)20-21-57(23-25-58)31-47(65)66;1-22(36)23(21-47(41,42)43)32-25(37)12-11-24(28(40)46-31(8,9)10)35-17-15-33(19-26(38)44-29(2,3)4)13-14-34(16-18-35)20-27(39)45-30(5,6)7;/h15-16,27-28,39-41,55H,3-14,17-26,29-32H2,1-2H3,(H,51,60)(H,52,61)(H,54,62)(H,63,64)(H,65,66)(H,67,68)(H,69,70)(H,71,72,73);23-24H,11-21H2,1-10H3,(H,32,37)(H,41,42,43);1H4/t39-,40-,41+;23-,24+;/m00./s1. The van der Waals surface area contributed by atoms with Crippen molar-refractivity contribution >= 4 is 107 Å². The number of aryl methyl sites for hydroxylation is 5. The number of carbonyl (C=O) groups excluding carboxylic acids is 9. The number of hydrogen-bond acceptors (Lipinski definition) is 30. The molecule has 2 saturated heterocycles. The highest BCUT2D eigenvalue weighted by Gasteiger charge is 2.37. The summed E-state index contributed by atoms with van der Waals surface area (Å²) in [6.45, 7) is 21.5. The predicted octanol–water partition coefficient (Wildman–Crippen LogP) is 1.83. The first kappa shape index (κ1) is 111. The molecule has 0 bridgehead atoms. The Hall–Kier alpha value is -8.83. The summed E-state index contributed by atoms with van der Waals surface area (Å²) >= 11 is 0. The van der Waals surface area contributed by atoms with Crippen LogP contribution in [0.25, 0.3) is 0 Å². The first-order valence-corrected chi connectivity index (χ1v) is 46.5. The third-order valence-corrected chi connectivity index (χ3v) is 23.1. The summed E-state index contributed by atoms with van der Waals surface area (Å²) in [7, 11) is -13.8. The second-order valence-corrected chi connectivity index (χ2v) is 39.0. The highest BCUT2D eigenvalue weighted by atomic mass is 32.2. The molecule has 0 unspecified atom stereocenters. The van der Waals surface area contributed by atoms with E-state index in [4.69, 9.17) is 23.9 Å². The molecule has 714 valence electrons. The number of unbranched alkanes of at least 4 members (excludes halogenated alkanes) is 1. The Morgan fingerprint density at radius 3 is 1.41 bits per heavy atom. The van der Waals surface area contributed by atoms with Crippen molar-refractivity contribution < 1.29 is 136 Å². The minimum Gasteiger partial charge on any atom is -0.494 e. The number of nitrogens with zero attached hydrogens (tertiary/aromatic N) is 7. The molecule has 2 aliphatic heterocycles. The minimum atomic E-state index is -4.80. The van der Waals surface area contributed by atoms with Crippen LogP contribution in [-0.4, -0.2) is 349 Å². The molecule has 11 N–H and O–H groups in total. The maximum absolute atomic E-state index is 13.6. The van der Waals surface area contributed by atoms with Gasteiger partial charge in [-0.3, -0.25) is 106 Å². The minimum absolute atomic E-state index is 0. The van der Waals surface area contributed by atoms with E-state index in [0.29, 0.717) is 58.5 Å². The van der Waals surface area contributed by atoms with Gasteiger partial charge in [-0.25, -0.2) is 8.42 Å². The second kappa shape index (κ2) is 52.6. The SMILES string of the molecule is C.CC(=O)[C@H](CS(=O)(=O)O)NC(=O)CC[C@H](C(=O)OC(C)(C)C)N1CCN(CC(=O)OC(C)(C)C)CCN(CC(=O)OC(C)(C)C)CC1.Cc1cc(OCCCC(=O)NCCCC(=O)[C@H](CS(=O)(=O)O)NC(=O)CC[C@H](C(=O)O)N2CCN(CC(=O)O)CCN(CC(=O)O)CC2)cc(C)c1S(=O)(=O)N[C@@H](CNC(=O)CCCCc1ccc2c(n1)CCCC2)C(=O)O. The Kier molecular flexibility index (Phi) is 46.5. The first-order chi connectivity index (χ1) is 58.0. The molecule has 4 amide bonds. The van der Waals surface area contributed by atoms with Gasteiger partial charge in [-0.05, 0) is 189 Å². The zero-order valence-electron chi connectivity index (χ0n) is 73.8. The predicted molar refractivity (Wildman–Crippen MR) is 461 cm³/mol. The van der Waals surface area contributed by atoms with Gasteiger partial charge < -0.3 is 60.6 Å². The van der Waals surface area contributed by atoms with E-state index in [1.54, 1.807) is 62.3 Å². The molecular weight excluding hydrogens is 1710 g/mol. The van der Waals surface area contributed by atoms with E-state index in [1.807, 2.05) is 20.8 Å². The van der Waals surface area contributed by atoms with Crippen LogP contribution in [0.1, 0.15) is 188 Å². The Labute approximate surface area is 739 Å². The quantitative estimate of drug-likeness (QED) is 0.0195. The number of carbonyl (C=O) groups is 13. The number of aliphatic carboxylic acids is 4. The number of hydrogen-bond donors (Lipinski definition) is 11. The number of pyridine rings is 1. The van der Waals surface area contributed by atoms with Crippen molar-refractivity contribution in [2.24, 2.45) is 0 Å². The lowest BCUT2D eigenvalue weighted by Crippen LogP contribution is -2.50. The number of ketones is 2. The van der Waals surface area contributed by atoms with Crippen LogP contribution in [0.3, 0.4) is 0 Å². The number of esters is 3. The number of Topliss-reactive ketones (excluding diaryl/α,β-unsaturated/α-hetero) is 2. The average Bonchev–Trinajstić information content (AvgIpc) is 0.796. The van der Waals surface area contributed by atoms with Crippen LogP contribution >= 0.6 is 0 Å². The normalized spacial score (nSPS) is 16.5. The number of benzene rings is 1. The number of carboxylic acids is 4. The van der Waals surface area contributed by atoms with Crippen molar-refractivity contribution in [3.05, 3.63) is 52.3 Å². The van der Waals surface area contributed by atoms with E-state index < -0.39 is 179 Å². The number of rotatable bonds is 46. The average molecular weight is 1850 g/mol. The van der Waals surface area contributed by atoms with Crippen LogP contribution in [0, 0.1) is 13.8 Å². The van der Waals surface area contributed by atoms with Gasteiger partial charge in [-0.15, -0.1) is 0 Å². The molecule has 1 aromatic carbocycles. The third kappa shape index (κ3) is 45.7. The molecule has 3 heterocycles. The summed E-state index contributed by atoms with van der Waals surface area (Å²) in [5, 5.41) is 48.3. The summed E-state index contributed by atoms with van der Waals surface area (Å²) < 4.78 is 117. The second-order valence-electron chi connectivity index (χ2n) is 34.4. The van der Waals surface area contributed by atoms with Crippen molar-refractivity contribution in [3.63, 3.8) is 0 Å². The largest absolute Gasteiger partial charge is 0.494 e. The first-order valence-electron chi connectivity index (χ1n) is 41.8. The van der Waals surface area contributed by atoms with Gasteiger partial charge in [0.2, 0.25) is 33.7 Å². The van der Waals surface area contributed by atoms with Gasteiger partial charge >= 0.3 is 41.8 Å². The summed E-state index contributed by atoms with van der Waals surface area (Å²) in [5.74, 6) is -12.3. The summed E-state index contributed by atoms with van der Waals surface area (Å²) in [5.41, 5.74) is 1.66. The monoisotopic (exact) mass is 1850 g/mol. The molecule has 1 aromatic heterocycles. The molecular formula is C82H134N12O29S3. The zero-order chi connectivity index (χ0) is 94.0. The van der Waals surface area contributed by atoms with E-state index >= 15 is 0 Å². The Morgan fingerprint density at radius 1 is 0.500 bits per heavy atom. The molecule has 1 aliphatic carbocycles. The maximum atomic E-state index is 13.6. The lowest BCUT2D eigenvalue weighted by molar-refractivity contribution is -0.163. The molecule has 3 aliphatic rings. The van der Waals surface area contributed by atoms with E-state index in [9.17, 15) is 117 Å². The number of ether oxygens (including phenoxy) is 4. The highest BCUT2D eigenvalue weighted by Crippen LogP contribution is 2.28. The molecule has 0 radical (unpaired) electrons. The van der Waals surface area contributed by atoms with Gasteiger partial charge in [0.15, 0.2) is 11.6 Å². The van der Waals surface area contributed by atoms with E-state index in [-0.39, 0.29) is 159 Å². The lowest BCUT2D eigenvalue weighted by Gasteiger charge is -2.34. The zero-order valence-corrected chi connectivity index (χ0v) is 76.2. The van der Waals surface area contributed by atoms with Crippen molar-refractivity contribution in [1.29, 1.82) is 0 Å². The maximum Gasteiger partial charge on any atom is 0.323 e. The van der Waals surface area contributed by atoms with Crippen LogP contribution in [-0.2, 0) is 126 Å².